The van der Waals surface area contributed by atoms with Gasteiger partial charge in [-0.25, -0.2) is 4.39 Å². The third kappa shape index (κ3) is 10.3. The molecule has 4 aliphatic heterocycles. The number of rotatable bonds is 15. The number of likely N-dealkylation sites (tertiary alicyclic amines) is 4. The summed E-state index contributed by atoms with van der Waals surface area (Å²) >= 11 is 0. The summed E-state index contributed by atoms with van der Waals surface area (Å²) in [5.41, 5.74) is 6.06. The van der Waals surface area contributed by atoms with Gasteiger partial charge in [0.15, 0.2) is 0 Å². The van der Waals surface area contributed by atoms with E-state index in [4.69, 9.17) is 0 Å². The lowest BCUT2D eigenvalue weighted by Crippen LogP contribution is -2.48. The highest BCUT2D eigenvalue weighted by Crippen LogP contribution is 2.33. The monoisotopic (exact) mass is 889 g/mol. The zero-order chi connectivity index (χ0) is 45.4. The molecule has 11 nitrogen and oxygen atoms in total. The van der Waals surface area contributed by atoms with Crippen molar-refractivity contribution in [2.24, 2.45) is 0 Å². The highest BCUT2D eigenvalue weighted by molar-refractivity contribution is 5.99. The summed E-state index contributed by atoms with van der Waals surface area (Å²) in [7, 11) is 0. The maximum Gasteiger partial charge on any atom is 0.247 e. The number of hydrogen-bond donors (Lipinski definition) is 2. The molecule has 4 aliphatic rings. The van der Waals surface area contributed by atoms with Gasteiger partial charge in [-0.05, 0) is 148 Å². The van der Waals surface area contributed by atoms with Gasteiger partial charge in [0.2, 0.25) is 23.6 Å². The molecule has 0 aromatic heterocycles. The van der Waals surface area contributed by atoms with Crippen LogP contribution in [0.15, 0.2) is 133 Å². The zero-order valence-corrected chi connectivity index (χ0v) is 37.6. The van der Waals surface area contributed by atoms with Crippen LogP contribution in [0.4, 0.5) is 21.5 Å². The first-order valence-corrected chi connectivity index (χ1v) is 23.8. The Bertz CT molecular complexity index is 2280. The average molecular weight is 890 g/mol. The van der Waals surface area contributed by atoms with Gasteiger partial charge in [-0.3, -0.25) is 29.0 Å². The minimum absolute atomic E-state index is 0.00877. The second-order valence-corrected chi connectivity index (χ2v) is 18.2. The van der Waals surface area contributed by atoms with Gasteiger partial charge in [-0.15, -0.1) is 0 Å². The summed E-state index contributed by atoms with van der Waals surface area (Å²) in [4.78, 5) is 66.2. The van der Waals surface area contributed by atoms with Crippen LogP contribution in [0.2, 0.25) is 0 Å². The van der Waals surface area contributed by atoms with E-state index in [0.29, 0.717) is 50.4 Å². The van der Waals surface area contributed by atoms with Crippen LogP contribution < -0.4 is 15.5 Å². The molecule has 5 aromatic rings. The van der Waals surface area contributed by atoms with E-state index in [0.717, 1.165) is 92.6 Å². The maximum atomic E-state index is 14.2. The standard InChI is InChI=1S/C54H60FN7O4/c55-43-23-29-46(30-24-43)60(37-39-19-25-44(26-20-39)56-51(63)47-17-11-35-61(47)53(65)49(58-31-7-8-32-58)41-13-3-1-4-14-41)38-40-21-27-45(28-22-40)57-52(64)48-18-12-36-62(48)54(66)50(59-33-9-10-34-59)42-15-5-2-6-16-42/h1-6,13-16,19-30,47-50H,7-12,17-18,31-38H2,(H,56,63)(H,57,64). The summed E-state index contributed by atoms with van der Waals surface area (Å²) in [5.74, 6) is -0.700. The topological polar surface area (TPSA) is 109 Å². The van der Waals surface area contributed by atoms with Crippen molar-refractivity contribution in [1.29, 1.82) is 0 Å². The highest BCUT2D eigenvalue weighted by Gasteiger charge is 2.42. The molecule has 12 heteroatoms. The van der Waals surface area contributed by atoms with Gasteiger partial charge < -0.3 is 25.3 Å². The first-order valence-electron chi connectivity index (χ1n) is 23.8. The van der Waals surface area contributed by atoms with Crippen LogP contribution >= 0.6 is 0 Å². The predicted octanol–water partition coefficient (Wildman–Crippen LogP) is 8.57. The molecule has 0 aliphatic carbocycles. The zero-order valence-electron chi connectivity index (χ0n) is 37.6. The number of anilines is 3. The number of nitrogens with one attached hydrogen (secondary N) is 2. The second kappa shape index (κ2) is 20.9. The van der Waals surface area contributed by atoms with E-state index in [2.05, 4.69) is 25.3 Å². The molecule has 4 fully saturated rings. The molecule has 4 heterocycles. The van der Waals surface area contributed by atoms with E-state index in [9.17, 15) is 23.6 Å². The fourth-order valence-corrected chi connectivity index (χ4v) is 10.4. The van der Waals surface area contributed by atoms with E-state index >= 15 is 0 Å². The largest absolute Gasteiger partial charge is 0.363 e. The Balaban J connectivity index is 0.831. The smallest absolute Gasteiger partial charge is 0.247 e. The molecule has 4 unspecified atom stereocenters. The van der Waals surface area contributed by atoms with Crippen LogP contribution in [-0.2, 0) is 32.3 Å². The van der Waals surface area contributed by atoms with Gasteiger partial charge in [0, 0.05) is 43.2 Å². The molecule has 342 valence electrons. The third-order valence-corrected chi connectivity index (χ3v) is 13.8. The molecule has 0 spiro atoms. The van der Waals surface area contributed by atoms with Crippen LogP contribution in [0.5, 0.6) is 0 Å². The Kier molecular flexibility index (Phi) is 14.2. The van der Waals surface area contributed by atoms with Crippen LogP contribution in [0.1, 0.15) is 85.7 Å². The number of halogens is 1. The number of benzene rings is 5. The molecule has 4 amide bonds. The predicted molar refractivity (Wildman–Crippen MR) is 256 cm³/mol. The number of nitrogens with zero attached hydrogens (tertiary/aromatic N) is 5. The molecule has 0 bridgehead atoms. The molecule has 9 rings (SSSR count). The SMILES string of the molecule is O=C(Nc1ccc(CN(Cc2ccc(NC(=O)C3CCCN3C(=O)C(c3ccccc3)N3CCCC3)cc2)c2ccc(F)cc2)cc1)C1CCCN1C(=O)C(c1ccccc1)N1CCCC1. The fourth-order valence-electron chi connectivity index (χ4n) is 10.4. The normalized spacial score (nSPS) is 19.7. The van der Waals surface area contributed by atoms with Crippen LogP contribution in [0.3, 0.4) is 0 Å². The number of carbonyl (C=O) groups excluding carboxylic acids is 4. The van der Waals surface area contributed by atoms with Crippen molar-refractivity contribution in [3.63, 3.8) is 0 Å². The van der Waals surface area contributed by atoms with Crippen LogP contribution in [0.25, 0.3) is 0 Å². The third-order valence-electron chi connectivity index (χ3n) is 13.8. The summed E-state index contributed by atoms with van der Waals surface area (Å²) in [6.45, 7) is 5.60. The summed E-state index contributed by atoms with van der Waals surface area (Å²) in [6.07, 6.45) is 7.04. The quantitative estimate of drug-likeness (QED) is 0.109. The molecule has 5 aromatic carbocycles. The summed E-state index contributed by atoms with van der Waals surface area (Å²) < 4.78 is 14.1. The van der Waals surface area contributed by atoms with Gasteiger partial charge >= 0.3 is 0 Å². The minimum atomic E-state index is -0.543. The van der Waals surface area contributed by atoms with Crippen LogP contribution in [0, 0.1) is 5.82 Å². The molecule has 4 saturated heterocycles. The Morgan fingerprint density at radius 1 is 0.500 bits per heavy atom. The van der Waals surface area contributed by atoms with Crippen LogP contribution in [-0.4, -0.2) is 94.6 Å². The Labute approximate surface area is 387 Å². The van der Waals surface area contributed by atoms with Crippen molar-refractivity contribution < 1.29 is 23.6 Å². The Morgan fingerprint density at radius 2 is 0.894 bits per heavy atom. The summed E-state index contributed by atoms with van der Waals surface area (Å²) in [5, 5.41) is 6.18. The lowest BCUT2D eigenvalue weighted by Gasteiger charge is -2.33. The van der Waals surface area contributed by atoms with Gasteiger partial charge in [0.05, 0.1) is 0 Å². The molecular weight excluding hydrogens is 830 g/mol. The van der Waals surface area contributed by atoms with Gasteiger partial charge in [-0.1, -0.05) is 84.9 Å². The first kappa shape index (κ1) is 44.8. The van der Waals surface area contributed by atoms with Crippen molar-refractivity contribution in [2.75, 3.05) is 54.8 Å². The fraction of sp³-hybridized carbons (Fsp3) is 0.370. The maximum absolute atomic E-state index is 14.2. The first-order chi connectivity index (χ1) is 32.3. The Morgan fingerprint density at radius 3 is 1.29 bits per heavy atom. The molecule has 0 radical (unpaired) electrons. The molecule has 66 heavy (non-hydrogen) atoms. The van der Waals surface area contributed by atoms with E-state index in [1.807, 2.05) is 109 Å². The minimum Gasteiger partial charge on any atom is -0.363 e. The van der Waals surface area contributed by atoms with E-state index in [-0.39, 0.29) is 29.4 Å². The van der Waals surface area contributed by atoms with Crippen molar-refractivity contribution in [2.45, 2.75) is 88.6 Å². The van der Waals surface area contributed by atoms with Gasteiger partial charge in [-0.2, -0.15) is 0 Å². The number of amides is 4. The van der Waals surface area contributed by atoms with E-state index in [1.54, 1.807) is 21.9 Å². The second-order valence-electron chi connectivity index (χ2n) is 18.2. The highest BCUT2D eigenvalue weighted by atomic mass is 19.1. The van der Waals surface area contributed by atoms with Crippen molar-refractivity contribution in [3.8, 4) is 0 Å². The van der Waals surface area contributed by atoms with Gasteiger partial charge in [0.1, 0.15) is 30.0 Å². The molecule has 4 atom stereocenters. The summed E-state index contributed by atoms with van der Waals surface area (Å²) in [6, 6.07) is 39.9. The number of carbonyl (C=O) groups is 4. The molecule has 2 N–H and O–H groups in total. The Hall–Kier alpha value is -6.37. The van der Waals surface area contributed by atoms with Crippen molar-refractivity contribution in [1.82, 2.24) is 19.6 Å². The molecular formula is C54H60FN7O4. The number of hydrogen-bond acceptors (Lipinski definition) is 7. The van der Waals surface area contributed by atoms with Crippen molar-refractivity contribution >= 4 is 40.7 Å². The van der Waals surface area contributed by atoms with Crippen molar-refractivity contribution in [3.05, 3.63) is 162 Å². The van der Waals surface area contributed by atoms with Gasteiger partial charge in [0.25, 0.3) is 0 Å². The molecule has 0 saturated carbocycles. The van der Waals surface area contributed by atoms with E-state index < -0.39 is 24.2 Å². The average Bonchev–Trinajstić information content (AvgIpc) is 4.21. The lowest BCUT2D eigenvalue weighted by atomic mass is 10.0. The lowest BCUT2D eigenvalue weighted by molar-refractivity contribution is -0.141. The van der Waals surface area contributed by atoms with E-state index in [1.165, 1.54) is 12.1 Å².